The van der Waals surface area contributed by atoms with Crippen LogP contribution >= 0.6 is 0 Å². The van der Waals surface area contributed by atoms with Crippen molar-refractivity contribution in [1.82, 2.24) is 15.1 Å². The van der Waals surface area contributed by atoms with Crippen molar-refractivity contribution in [2.24, 2.45) is 5.73 Å². The van der Waals surface area contributed by atoms with E-state index in [1.807, 2.05) is 25.5 Å². The maximum absolute atomic E-state index is 11.7. The molecule has 108 valence electrons. The van der Waals surface area contributed by atoms with Crippen molar-refractivity contribution < 1.29 is 4.79 Å². The van der Waals surface area contributed by atoms with Crippen LogP contribution in [0.15, 0.2) is 0 Å². The first kappa shape index (κ1) is 15.7. The molecule has 1 heterocycles. The third-order valence-electron chi connectivity index (χ3n) is 3.66. The molecule has 1 aromatic heterocycles. The van der Waals surface area contributed by atoms with Crippen molar-refractivity contribution in [3.8, 4) is 0 Å². The fourth-order valence-electron chi connectivity index (χ4n) is 2.32. The fraction of sp³-hybridized carbons (Fsp3) is 0.714. The van der Waals surface area contributed by atoms with E-state index < -0.39 is 5.54 Å². The minimum absolute atomic E-state index is 0.341. The highest BCUT2D eigenvalue weighted by molar-refractivity contribution is 5.84. The molecule has 0 bridgehead atoms. The quantitative estimate of drug-likeness (QED) is 0.781. The van der Waals surface area contributed by atoms with Crippen LogP contribution in [-0.2, 0) is 17.8 Å². The summed E-state index contributed by atoms with van der Waals surface area (Å²) in [6.07, 6.45) is 1.91. The van der Waals surface area contributed by atoms with Crippen LogP contribution in [0.5, 0.6) is 0 Å². The average molecular weight is 266 g/mol. The summed E-state index contributed by atoms with van der Waals surface area (Å²) < 4.78 is 1.89. The van der Waals surface area contributed by atoms with Gasteiger partial charge in [0.2, 0.25) is 5.91 Å². The third kappa shape index (κ3) is 3.35. The van der Waals surface area contributed by atoms with Crippen molar-refractivity contribution in [2.45, 2.75) is 59.5 Å². The number of rotatable bonds is 7. The maximum atomic E-state index is 11.7. The van der Waals surface area contributed by atoms with Crippen molar-refractivity contribution >= 4 is 5.91 Å². The lowest BCUT2D eigenvalue weighted by Gasteiger charge is -2.28. The van der Waals surface area contributed by atoms with Crippen LogP contribution < -0.4 is 11.1 Å². The zero-order valence-corrected chi connectivity index (χ0v) is 12.7. The summed E-state index contributed by atoms with van der Waals surface area (Å²) in [6, 6.07) is 0. The molecule has 0 fully saturated rings. The molecule has 0 aliphatic carbocycles. The van der Waals surface area contributed by atoms with E-state index in [-0.39, 0.29) is 5.91 Å². The molecule has 0 aliphatic rings. The van der Waals surface area contributed by atoms with Crippen molar-refractivity contribution in [2.75, 3.05) is 6.54 Å². The summed E-state index contributed by atoms with van der Waals surface area (Å²) in [5.41, 5.74) is 8.18. The predicted octanol–water partition coefficient (Wildman–Crippen LogP) is 1.31. The highest BCUT2D eigenvalue weighted by Gasteiger charge is 2.32. The molecule has 5 nitrogen and oxygen atoms in total. The van der Waals surface area contributed by atoms with Crippen molar-refractivity contribution in [3.05, 3.63) is 17.0 Å². The SMILES string of the molecule is CCCNC(C)(Cn1nc(C)c(CC)c1C)C(N)=O. The number of nitrogens with two attached hydrogens (primary N) is 1. The number of carbonyl (C=O) groups is 1. The first-order valence-electron chi connectivity index (χ1n) is 6.93. The molecule has 19 heavy (non-hydrogen) atoms. The molecule has 1 unspecified atom stereocenters. The Morgan fingerprint density at radius 3 is 2.47 bits per heavy atom. The number of hydrogen-bond donors (Lipinski definition) is 2. The van der Waals surface area contributed by atoms with Gasteiger partial charge in [-0.2, -0.15) is 5.10 Å². The summed E-state index contributed by atoms with van der Waals surface area (Å²) >= 11 is 0. The van der Waals surface area contributed by atoms with Gasteiger partial charge in [0.05, 0.1) is 12.2 Å². The number of primary amides is 1. The Morgan fingerprint density at radius 1 is 1.42 bits per heavy atom. The Hall–Kier alpha value is -1.36. The van der Waals surface area contributed by atoms with Crippen LogP contribution in [0.3, 0.4) is 0 Å². The van der Waals surface area contributed by atoms with Gasteiger partial charge in [0.15, 0.2) is 0 Å². The molecule has 0 aromatic carbocycles. The van der Waals surface area contributed by atoms with Crippen LogP contribution in [0.1, 0.15) is 44.1 Å². The molecule has 0 saturated heterocycles. The van der Waals surface area contributed by atoms with Gasteiger partial charge in [0.25, 0.3) is 0 Å². The van der Waals surface area contributed by atoms with Gasteiger partial charge in [0.1, 0.15) is 5.54 Å². The first-order valence-corrected chi connectivity index (χ1v) is 6.93. The van der Waals surface area contributed by atoms with E-state index in [0.29, 0.717) is 6.54 Å². The Kier molecular flexibility index (Phi) is 5.11. The largest absolute Gasteiger partial charge is 0.368 e. The Bertz CT molecular complexity index is 453. The van der Waals surface area contributed by atoms with Gasteiger partial charge in [-0.05, 0) is 45.7 Å². The van der Waals surface area contributed by atoms with Gasteiger partial charge < -0.3 is 11.1 Å². The predicted molar refractivity (Wildman–Crippen MR) is 77.0 cm³/mol. The zero-order valence-electron chi connectivity index (χ0n) is 12.7. The minimum Gasteiger partial charge on any atom is -0.368 e. The van der Waals surface area contributed by atoms with Gasteiger partial charge >= 0.3 is 0 Å². The summed E-state index contributed by atoms with van der Waals surface area (Å²) in [7, 11) is 0. The maximum Gasteiger partial charge on any atom is 0.239 e. The van der Waals surface area contributed by atoms with E-state index >= 15 is 0 Å². The van der Waals surface area contributed by atoms with E-state index in [9.17, 15) is 4.79 Å². The van der Waals surface area contributed by atoms with Crippen LogP contribution in [0.4, 0.5) is 0 Å². The lowest BCUT2D eigenvalue weighted by molar-refractivity contribution is -0.124. The van der Waals surface area contributed by atoms with Crippen molar-refractivity contribution in [3.63, 3.8) is 0 Å². The smallest absolute Gasteiger partial charge is 0.239 e. The summed E-state index contributed by atoms with van der Waals surface area (Å²) in [5.74, 6) is -0.341. The number of aromatic nitrogens is 2. The second-order valence-corrected chi connectivity index (χ2v) is 5.28. The van der Waals surface area contributed by atoms with Crippen LogP contribution in [0, 0.1) is 13.8 Å². The van der Waals surface area contributed by atoms with E-state index in [0.717, 1.165) is 30.8 Å². The fourth-order valence-corrected chi connectivity index (χ4v) is 2.32. The normalized spacial score (nSPS) is 14.4. The number of hydrogen-bond acceptors (Lipinski definition) is 3. The van der Waals surface area contributed by atoms with Crippen LogP contribution in [-0.4, -0.2) is 27.8 Å². The number of carbonyl (C=O) groups excluding carboxylic acids is 1. The van der Waals surface area contributed by atoms with E-state index in [4.69, 9.17) is 5.73 Å². The minimum atomic E-state index is -0.760. The second-order valence-electron chi connectivity index (χ2n) is 5.28. The number of amides is 1. The van der Waals surface area contributed by atoms with E-state index in [1.165, 1.54) is 5.56 Å². The van der Waals surface area contributed by atoms with Gasteiger partial charge in [-0.1, -0.05) is 13.8 Å². The molecular formula is C14H26N4O. The molecule has 0 saturated carbocycles. The topological polar surface area (TPSA) is 72.9 Å². The molecule has 1 atom stereocenters. The molecule has 0 radical (unpaired) electrons. The third-order valence-corrected chi connectivity index (χ3v) is 3.66. The summed E-state index contributed by atoms with van der Waals surface area (Å²) in [4.78, 5) is 11.7. The molecule has 0 aliphatic heterocycles. The monoisotopic (exact) mass is 266 g/mol. The molecule has 1 amide bonds. The first-order chi connectivity index (χ1) is 8.85. The molecule has 5 heteroatoms. The molecular weight excluding hydrogens is 240 g/mol. The number of aryl methyl sites for hydroxylation is 1. The number of nitrogens with zero attached hydrogens (tertiary/aromatic N) is 2. The van der Waals surface area contributed by atoms with Gasteiger partial charge in [0, 0.05) is 5.69 Å². The number of nitrogens with one attached hydrogen (secondary N) is 1. The van der Waals surface area contributed by atoms with Crippen LogP contribution in [0.25, 0.3) is 0 Å². The lowest BCUT2D eigenvalue weighted by atomic mass is 10.0. The highest BCUT2D eigenvalue weighted by atomic mass is 16.1. The summed E-state index contributed by atoms with van der Waals surface area (Å²) in [6.45, 7) is 11.3. The second kappa shape index (κ2) is 6.19. The Balaban J connectivity index is 3.00. The zero-order chi connectivity index (χ0) is 14.6. The van der Waals surface area contributed by atoms with Gasteiger partial charge in [-0.3, -0.25) is 9.48 Å². The molecule has 0 spiro atoms. The Labute approximate surface area is 115 Å². The van der Waals surface area contributed by atoms with Crippen LogP contribution in [0.2, 0.25) is 0 Å². The highest BCUT2D eigenvalue weighted by Crippen LogP contribution is 2.16. The van der Waals surface area contributed by atoms with E-state index in [2.05, 4.69) is 24.3 Å². The van der Waals surface area contributed by atoms with Gasteiger partial charge in [-0.25, -0.2) is 0 Å². The molecule has 1 rings (SSSR count). The lowest BCUT2D eigenvalue weighted by Crippen LogP contribution is -2.56. The standard InChI is InChI=1S/C14H26N4O/c1-6-8-16-14(5,13(15)19)9-18-11(4)12(7-2)10(3)17-18/h16H,6-9H2,1-5H3,(H2,15,19). The van der Waals surface area contributed by atoms with E-state index in [1.54, 1.807) is 0 Å². The average Bonchev–Trinajstić information content (AvgIpc) is 2.61. The van der Waals surface area contributed by atoms with Crippen molar-refractivity contribution in [1.29, 1.82) is 0 Å². The van der Waals surface area contributed by atoms with Gasteiger partial charge in [-0.15, -0.1) is 0 Å². The molecule has 3 N–H and O–H groups in total. The Morgan fingerprint density at radius 2 is 2.05 bits per heavy atom. The molecule has 1 aromatic rings. The summed E-state index contributed by atoms with van der Waals surface area (Å²) in [5, 5.41) is 7.76.